The van der Waals surface area contributed by atoms with Crippen LogP contribution in [0.4, 0.5) is 0 Å². The van der Waals surface area contributed by atoms with Gasteiger partial charge in [-0.05, 0) is 59.5 Å². The second kappa shape index (κ2) is 8.18. The van der Waals surface area contributed by atoms with Crippen LogP contribution in [0.2, 0.25) is 5.02 Å². The van der Waals surface area contributed by atoms with E-state index in [4.69, 9.17) is 20.8 Å². The highest BCUT2D eigenvalue weighted by Gasteiger charge is 2.21. The number of ether oxygens (including phenoxy) is 1. The Morgan fingerprint density at radius 3 is 2.47 bits per heavy atom. The van der Waals surface area contributed by atoms with Gasteiger partial charge in [0.25, 0.3) is 0 Å². The van der Waals surface area contributed by atoms with Crippen molar-refractivity contribution in [3.05, 3.63) is 111 Å². The highest BCUT2D eigenvalue weighted by molar-refractivity contribution is 6.33. The van der Waals surface area contributed by atoms with Crippen LogP contribution in [0.5, 0.6) is 5.75 Å². The third-order valence-corrected chi connectivity index (χ3v) is 5.98. The number of hydrogen-bond acceptors (Lipinski definition) is 3. The van der Waals surface area contributed by atoms with Crippen molar-refractivity contribution in [3.63, 3.8) is 0 Å². The van der Waals surface area contributed by atoms with Gasteiger partial charge in [0.15, 0.2) is 5.76 Å². The monoisotopic (exact) mass is 440 g/mol. The summed E-state index contributed by atoms with van der Waals surface area (Å²) in [6, 6.07) is 25.3. The molecule has 0 saturated carbocycles. The van der Waals surface area contributed by atoms with Gasteiger partial charge in [0.2, 0.25) is 11.2 Å². The van der Waals surface area contributed by atoms with Gasteiger partial charge in [-0.2, -0.15) is 0 Å². The molecule has 0 unspecified atom stereocenters. The average Bonchev–Trinajstić information content (AvgIpc) is 2.79. The van der Waals surface area contributed by atoms with Crippen LogP contribution >= 0.6 is 11.6 Å². The minimum atomic E-state index is -0.201. The summed E-state index contributed by atoms with van der Waals surface area (Å²) in [5.74, 6) is 0.517. The molecule has 0 aliphatic carbocycles. The van der Waals surface area contributed by atoms with Gasteiger partial charge in [-0.25, -0.2) is 0 Å². The minimum absolute atomic E-state index is 0.170. The van der Waals surface area contributed by atoms with Crippen LogP contribution in [-0.2, 0) is 6.61 Å². The normalized spacial score (nSPS) is 11.2. The molecule has 32 heavy (non-hydrogen) atoms. The molecule has 0 fully saturated rings. The standard InChI is InChI=1S/C28H21ClO3/c1-17-14-18(2)26-23(15-17)25(30)28(27(32-26)22-12-5-6-13-24(22)29)31-16-20-10-7-9-19-8-3-4-11-21(19)20/h3-15H,16H2,1-2H3. The number of rotatable bonds is 4. The third-order valence-electron chi connectivity index (χ3n) is 5.65. The molecule has 0 spiro atoms. The molecule has 1 aromatic heterocycles. The molecule has 0 aliphatic rings. The van der Waals surface area contributed by atoms with Crippen LogP contribution in [0.15, 0.2) is 88.1 Å². The van der Waals surface area contributed by atoms with Crippen LogP contribution in [0.1, 0.15) is 16.7 Å². The van der Waals surface area contributed by atoms with Crippen molar-refractivity contribution >= 4 is 33.3 Å². The van der Waals surface area contributed by atoms with Gasteiger partial charge in [-0.3, -0.25) is 4.79 Å². The number of fused-ring (bicyclic) bond motifs is 2. The number of halogens is 1. The summed E-state index contributed by atoms with van der Waals surface area (Å²) in [6.07, 6.45) is 0. The molecule has 0 bridgehead atoms. The topological polar surface area (TPSA) is 39.4 Å². The molecule has 0 amide bonds. The van der Waals surface area contributed by atoms with Crippen LogP contribution in [-0.4, -0.2) is 0 Å². The maximum Gasteiger partial charge on any atom is 0.235 e. The van der Waals surface area contributed by atoms with E-state index in [-0.39, 0.29) is 17.8 Å². The van der Waals surface area contributed by atoms with Crippen LogP contribution in [0.25, 0.3) is 33.1 Å². The molecule has 158 valence electrons. The van der Waals surface area contributed by atoms with E-state index in [1.54, 1.807) is 6.07 Å². The summed E-state index contributed by atoms with van der Waals surface area (Å²) in [5, 5.41) is 3.21. The van der Waals surface area contributed by atoms with Gasteiger partial charge in [0, 0.05) is 5.56 Å². The second-order valence-electron chi connectivity index (χ2n) is 7.95. The van der Waals surface area contributed by atoms with Gasteiger partial charge >= 0.3 is 0 Å². The molecule has 0 aliphatic heterocycles. The van der Waals surface area contributed by atoms with E-state index in [1.807, 2.05) is 68.4 Å². The Balaban J connectivity index is 1.70. The Kier molecular flexibility index (Phi) is 5.20. The van der Waals surface area contributed by atoms with Gasteiger partial charge in [0.1, 0.15) is 12.2 Å². The Bertz CT molecular complexity index is 1530. The summed E-state index contributed by atoms with van der Waals surface area (Å²) in [6.45, 7) is 4.13. The summed E-state index contributed by atoms with van der Waals surface area (Å²) in [7, 11) is 0. The molecule has 0 radical (unpaired) electrons. The fourth-order valence-electron chi connectivity index (χ4n) is 4.15. The summed E-state index contributed by atoms with van der Waals surface area (Å²) in [5.41, 5.74) is 3.86. The van der Waals surface area contributed by atoms with Crippen LogP contribution in [0, 0.1) is 13.8 Å². The van der Waals surface area contributed by atoms with Crippen molar-refractivity contribution in [2.75, 3.05) is 0 Å². The number of hydrogen-bond donors (Lipinski definition) is 0. The molecular formula is C28H21ClO3. The predicted molar refractivity (Wildman–Crippen MR) is 131 cm³/mol. The quantitative estimate of drug-likeness (QED) is 0.291. The largest absolute Gasteiger partial charge is 0.481 e. The van der Waals surface area contributed by atoms with Gasteiger partial charge in [0.05, 0.1) is 10.4 Å². The zero-order chi connectivity index (χ0) is 22.2. The molecule has 0 atom stereocenters. The van der Waals surface area contributed by atoms with E-state index in [0.717, 1.165) is 27.5 Å². The SMILES string of the molecule is Cc1cc(C)c2oc(-c3ccccc3Cl)c(OCc3cccc4ccccc34)c(=O)c2c1. The van der Waals surface area contributed by atoms with Crippen molar-refractivity contribution in [2.45, 2.75) is 20.5 Å². The lowest BCUT2D eigenvalue weighted by Gasteiger charge is -2.14. The first-order valence-corrected chi connectivity index (χ1v) is 10.8. The van der Waals surface area contributed by atoms with Crippen molar-refractivity contribution in [3.8, 4) is 17.1 Å². The van der Waals surface area contributed by atoms with Crippen molar-refractivity contribution < 1.29 is 9.15 Å². The van der Waals surface area contributed by atoms with Crippen molar-refractivity contribution in [1.29, 1.82) is 0 Å². The van der Waals surface area contributed by atoms with Crippen molar-refractivity contribution in [2.24, 2.45) is 0 Å². The summed E-state index contributed by atoms with van der Waals surface area (Å²) in [4.78, 5) is 13.6. The Morgan fingerprint density at radius 2 is 1.62 bits per heavy atom. The molecule has 1 heterocycles. The van der Waals surface area contributed by atoms with E-state index < -0.39 is 0 Å². The molecule has 0 saturated heterocycles. The molecule has 4 heteroatoms. The Hall–Kier alpha value is -3.56. The Labute approximate surface area is 190 Å². The van der Waals surface area contributed by atoms with Crippen LogP contribution < -0.4 is 10.2 Å². The minimum Gasteiger partial charge on any atom is -0.481 e. The highest BCUT2D eigenvalue weighted by Crippen LogP contribution is 2.36. The molecule has 0 N–H and O–H groups in total. The van der Waals surface area contributed by atoms with Gasteiger partial charge < -0.3 is 9.15 Å². The first-order chi connectivity index (χ1) is 15.5. The lowest BCUT2D eigenvalue weighted by molar-refractivity contribution is 0.299. The van der Waals surface area contributed by atoms with E-state index in [0.29, 0.717) is 27.3 Å². The predicted octanol–water partition coefficient (Wildman–Crippen LogP) is 7.46. The first-order valence-electron chi connectivity index (χ1n) is 10.5. The number of aryl methyl sites for hydroxylation is 2. The van der Waals surface area contributed by atoms with E-state index in [9.17, 15) is 4.79 Å². The first kappa shape index (κ1) is 20.3. The maximum atomic E-state index is 13.6. The van der Waals surface area contributed by atoms with E-state index >= 15 is 0 Å². The summed E-state index contributed by atoms with van der Waals surface area (Å²) < 4.78 is 12.5. The molecule has 5 rings (SSSR count). The van der Waals surface area contributed by atoms with E-state index in [1.165, 1.54) is 0 Å². The fourth-order valence-corrected chi connectivity index (χ4v) is 4.38. The second-order valence-corrected chi connectivity index (χ2v) is 8.36. The van der Waals surface area contributed by atoms with Crippen LogP contribution in [0.3, 0.4) is 0 Å². The van der Waals surface area contributed by atoms with Crippen molar-refractivity contribution in [1.82, 2.24) is 0 Å². The maximum absolute atomic E-state index is 13.6. The van der Waals surface area contributed by atoms with E-state index in [2.05, 4.69) is 18.2 Å². The zero-order valence-corrected chi connectivity index (χ0v) is 18.6. The lowest BCUT2D eigenvalue weighted by Crippen LogP contribution is -2.11. The number of benzene rings is 4. The third kappa shape index (κ3) is 3.55. The fraction of sp³-hybridized carbons (Fsp3) is 0.107. The summed E-state index contributed by atoms with van der Waals surface area (Å²) >= 11 is 6.48. The Morgan fingerprint density at radius 1 is 0.875 bits per heavy atom. The smallest absolute Gasteiger partial charge is 0.235 e. The molecule has 3 nitrogen and oxygen atoms in total. The van der Waals surface area contributed by atoms with Gasteiger partial charge in [-0.1, -0.05) is 72.3 Å². The lowest BCUT2D eigenvalue weighted by atomic mass is 10.0. The molecule has 5 aromatic rings. The zero-order valence-electron chi connectivity index (χ0n) is 17.8. The average molecular weight is 441 g/mol. The van der Waals surface area contributed by atoms with Gasteiger partial charge in [-0.15, -0.1) is 0 Å². The molecule has 4 aromatic carbocycles. The molecular weight excluding hydrogens is 420 g/mol. The highest BCUT2D eigenvalue weighted by atomic mass is 35.5.